The summed E-state index contributed by atoms with van der Waals surface area (Å²) in [7, 11) is -2.87. The normalized spacial score (nSPS) is 12.1. The van der Waals surface area contributed by atoms with Gasteiger partial charge in [-0.3, -0.25) is 13.9 Å². The van der Waals surface area contributed by atoms with E-state index in [0.717, 1.165) is 21.9 Å². The minimum Gasteiger partial charge on any atom is -0.469 e. The number of ether oxygens (including phenoxy) is 1. The van der Waals surface area contributed by atoms with Crippen LogP contribution in [0.15, 0.2) is 120 Å². The van der Waals surface area contributed by atoms with Crippen molar-refractivity contribution in [2.75, 3.05) is 11.4 Å². The number of methoxy groups -OCH3 is 1. The van der Waals surface area contributed by atoms with Crippen molar-refractivity contribution in [1.82, 2.24) is 0 Å². The molecule has 1 atom stereocenters. The maximum absolute atomic E-state index is 14.1. The number of halogens is 2. The Labute approximate surface area is 266 Å². The molecule has 0 aliphatic carbocycles. The molecule has 6 nitrogen and oxygen atoms in total. The molecule has 0 radical (unpaired) electrons. The predicted octanol–water partition coefficient (Wildman–Crippen LogP) is 8.15. The summed E-state index contributed by atoms with van der Waals surface area (Å²) in [6, 6.07) is 33.5. The van der Waals surface area contributed by atoms with Gasteiger partial charge < -0.3 is 4.74 Å². The molecule has 0 amide bonds. The molecule has 0 saturated carbocycles. The Morgan fingerprint density at radius 3 is 2.20 bits per heavy atom. The molecule has 1 unspecified atom stereocenters. The van der Waals surface area contributed by atoms with E-state index in [1.54, 1.807) is 18.2 Å². The van der Waals surface area contributed by atoms with Crippen LogP contribution in [0.1, 0.15) is 27.9 Å². The van der Waals surface area contributed by atoms with Gasteiger partial charge in [-0.05, 0) is 64.7 Å². The molecule has 0 aliphatic rings. The molecule has 0 spiro atoms. The van der Waals surface area contributed by atoms with Gasteiger partial charge in [0.25, 0.3) is 10.0 Å². The van der Waals surface area contributed by atoms with Gasteiger partial charge >= 0.3 is 5.97 Å². The Balaban J connectivity index is 1.51. The SMILES string of the molecule is COC(=O)C(CC(=O)c1cccc(N(Cc2ccc3ccccc3c2)S(=O)(=O)c2ccc(Cl)c(Cl)c2)c1)Cc1ccccc1. The summed E-state index contributed by atoms with van der Waals surface area (Å²) in [6.45, 7) is -0.0101. The number of hydrogen-bond acceptors (Lipinski definition) is 5. The fourth-order valence-corrected chi connectivity index (χ4v) is 6.90. The van der Waals surface area contributed by atoms with E-state index in [1.807, 2.05) is 72.8 Å². The molecule has 0 aromatic heterocycles. The van der Waals surface area contributed by atoms with E-state index >= 15 is 0 Å². The molecule has 0 N–H and O–H groups in total. The standard InChI is InChI=1S/C35H29Cl2NO5S/c1-43-35(40)29(18-24-8-3-2-4-9-24)21-34(39)28-12-7-13-30(20-28)38(44(41,42)31-16-17-32(36)33(37)22-31)23-25-14-15-26-10-5-6-11-27(26)19-25/h2-17,19-20,22,29H,18,21,23H2,1H3. The fourth-order valence-electron chi connectivity index (χ4n) is 5.06. The third-order valence-corrected chi connectivity index (χ3v) is 9.88. The molecule has 5 rings (SSSR count). The number of carbonyl (C=O) groups excluding carboxylic acids is 2. The van der Waals surface area contributed by atoms with Crippen LogP contribution in [0.2, 0.25) is 10.0 Å². The molecule has 0 aliphatic heterocycles. The second-order valence-corrected chi connectivity index (χ2v) is 13.0. The number of nitrogens with zero attached hydrogens (tertiary/aromatic N) is 1. The summed E-state index contributed by atoms with van der Waals surface area (Å²) >= 11 is 12.3. The van der Waals surface area contributed by atoms with E-state index in [0.29, 0.717) is 6.42 Å². The number of fused-ring (bicyclic) bond motifs is 1. The van der Waals surface area contributed by atoms with Gasteiger partial charge in [-0.15, -0.1) is 0 Å². The first kappa shape index (κ1) is 31.3. The summed E-state index contributed by atoms with van der Waals surface area (Å²) in [4.78, 5) is 26.1. The summed E-state index contributed by atoms with van der Waals surface area (Å²) in [5.41, 5.74) is 2.21. The van der Waals surface area contributed by atoms with Gasteiger partial charge in [0, 0.05) is 12.0 Å². The highest BCUT2D eigenvalue weighted by Crippen LogP contribution is 2.32. The molecule has 0 heterocycles. The van der Waals surface area contributed by atoms with Gasteiger partial charge in [0.1, 0.15) is 0 Å². The van der Waals surface area contributed by atoms with Crippen molar-refractivity contribution in [2.45, 2.75) is 24.3 Å². The Morgan fingerprint density at radius 2 is 1.48 bits per heavy atom. The molecule has 224 valence electrons. The maximum Gasteiger partial charge on any atom is 0.309 e. The summed E-state index contributed by atoms with van der Waals surface area (Å²) in [5, 5.41) is 2.33. The minimum absolute atomic E-state index is 0.0101. The number of rotatable bonds is 11. The average Bonchev–Trinajstić information content (AvgIpc) is 3.04. The van der Waals surface area contributed by atoms with Crippen LogP contribution in [-0.2, 0) is 32.5 Å². The molecule has 0 bridgehead atoms. The number of anilines is 1. The van der Waals surface area contributed by atoms with Crippen molar-refractivity contribution in [3.8, 4) is 0 Å². The first-order valence-electron chi connectivity index (χ1n) is 13.9. The van der Waals surface area contributed by atoms with Crippen LogP contribution in [0, 0.1) is 5.92 Å². The molecular formula is C35H29Cl2NO5S. The Hall–Kier alpha value is -4.17. The monoisotopic (exact) mass is 645 g/mol. The maximum atomic E-state index is 14.1. The van der Waals surface area contributed by atoms with Crippen molar-refractivity contribution in [3.05, 3.63) is 142 Å². The quantitative estimate of drug-likeness (QED) is 0.107. The number of hydrogen-bond donors (Lipinski definition) is 0. The third-order valence-electron chi connectivity index (χ3n) is 7.37. The number of Topliss-reactive ketones (excluding diaryl/α,β-unsaturated/α-hetero) is 1. The zero-order valence-electron chi connectivity index (χ0n) is 23.8. The van der Waals surface area contributed by atoms with Crippen molar-refractivity contribution >= 4 is 61.4 Å². The molecule has 0 fully saturated rings. The van der Waals surface area contributed by atoms with Crippen molar-refractivity contribution in [3.63, 3.8) is 0 Å². The Bertz CT molecular complexity index is 1930. The molecule has 44 heavy (non-hydrogen) atoms. The molecule has 5 aromatic carbocycles. The highest BCUT2D eigenvalue weighted by Gasteiger charge is 2.28. The fraction of sp³-hybridized carbons (Fsp3) is 0.143. The van der Waals surface area contributed by atoms with E-state index in [4.69, 9.17) is 27.9 Å². The lowest BCUT2D eigenvalue weighted by Crippen LogP contribution is -2.31. The number of sulfonamides is 1. The molecule has 0 saturated heterocycles. The molecule has 5 aromatic rings. The molecular weight excluding hydrogens is 617 g/mol. The zero-order chi connectivity index (χ0) is 31.3. The third kappa shape index (κ3) is 7.13. The Kier molecular flexibility index (Phi) is 9.69. The van der Waals surface area contributed by atoms with E-state index in [1.165, 1.54) is 35.7 Å². The van der Waals surface area contributed by atoms with Crippen LogP contribution >= 0.6 is 23.2 Å². The number of carbonyl (C=O) groups is 2. The van der Waals surface area contributed by atoms with Crippen LogP contribution in [0.4, 0.5) is 5.69 Å². The number of ketones is 1. The lowest BCUT2D eigenvalue weighted by atomic mass is 9.92. The van der Waals surface area contributed by atoms with Crippen molar-refractivity contribution in [2.24, 2.45) is 5.92 Å². The topological polar surface area (TPSA) is 80.8 Å². The van der Waals surface area contributed by atoms with Crippen molar-refractivity contribution < 1.29 is 22.7 Å². The van der Waals surface area contributed by atoms with Gasteiger partial charge in [-0.25, -0.2) is 8.42 Å². The van der Waals surface area contributed by atoms with E-state index in [9.17, 15) is 18.0 Å². The van der Waals surface area contributed by atoms with Crippen LogP contribution in [0.5, 0.6) is 0 Å². The lowest BCUT2D eigenvalue weighted by molar-refractivity contribution is -0.145. The van der Waals surface area contributed by atoms with Crippen LogP contribution in [0.25, 0.3) is 10.8 Å². The molecule has 9 heteroatoms. The smallest absolute Gasteiger partial charge is 0.309 e. The minimum atomic E-state index is -4.16. The van der Waals surface area contributed by atoms with Gasteiger partial charge in [0.2, 0.25) is 0 Å². The summed E-state index contributed by atoms with van der Waals surface area (Å²) in [6.07, 6.45) is 0.230. The van der Waals surface area contributed by atoms with Crippen LogP contribution in [0.3, 0.4) is 0 Å². The van der Waals surface area contributed by atoms with E-state index in [2.05, 4.69) is 0 Å². The van der Waals surface area contributed by atoms with Gasteiger partial charge in [-0.1, -0.05) is 102 Å². The van der Waals surface area contributed by atoms with Crippen LogP contribution < -0.4 is 4.31 Å². The summed E-state index contributed by atoms with van der Waals surface area (Å²) < 4.78 is 34.5. The first-order valence-corrected chi connectivity index (χ1v) is 16.1. The van der Waals surface area contributed by atoms with E-state index < -0.39 is 21.9 Å². The first-order chi connectivity index (χ1) is 21.2. The van der Waals surface area contributed by atoms with Gasteiger partial charge in [-0.2, -0.15) is 0 Å². The Morgan fingerprint density at radius 1 is 0.750 bits per heavy atom. The van der Waals surface area contributed by atoms with Crippen molar-refractivity contribution in [1.29, 1.82) is 0 Å². The van der Waals surface area contributed by atoms with Gasteiger partial charge in [0.15, 0.2) is 5.78 Å². The average molecular weight is 647 g/mol. The number of esters is 1. The van der Waals surface area contributed by atoms with Gasteiger partial charge in [0.05, 0.1) is 40.2 Å². The highest BCUT2D eigenvalue weighted by molar-refractivity contribution is 7.92. The highest BCUT2D eigenvalue weighted by atomic mass is 35.5. The summed E-state index contributed by atoms with van der Waals surface area (Å²) in [5.74, 6) is -1.50. The van der Waals surface area contributed by atoms with E-state index in [-0.39, 0.29) is 44.9 Å². The second kappa shape index (κ2) is 13.6. The van der Waals surface area contributed by atoms with Crippen LogP contribution in [-0.4, -0.2) is 27.3 Å². The lowest BCUT2D eigenvalue weighted by Gasteiger charge is -2.25. The predicted molar refractivity (Wildman–Crippen MR) is 175 cm³/mol. The zero-order valence-corrected chi connectivity index (χ0v) is 26.1. The number of benzene rings is 5. The largest absolute Gasteiger partial charge is 0.469 e. The second-order valence-electron chi connectivity index (χ2n) is 10.4.